The van der Waals surface area contributed by atoms with Crippen LogP contribution < -0.4 is 5.32 Å². The maximum absolute atomic E-state index is 11.7. The Morgan fingerprint density at radius 2 is 2.05 bits per heavy atom. The number of rotatable bonds is 2. The van der Waals surface area contributed by atoms with Crippen LogP contribution in [-0.4, -0.2) is 27.7 Å². The standard InChI is InChI=1S/C14H23N3O2/c1-14(2,3)19-13(18)17-11-6-4-10(5-7-11)12-15-8-9-16-12/h8-11H,4-7H2,1-3H3,(H,15,16)(H,17,18)/t10-,11-. The van der Waals surface area contributed by atoms with E-state index in [1.54, 1.807) is 6.20 Å². The Hall–Kier alpha value is -1.52. The topological polar surface area (TPSA) is 67.0 Å². The largest absolute Gasteiger partial charge is 0.444 e. The molecule has 1 aliphatic carbocycles. The first-order valence-electron chi connectivity index (χ1n) is 6.93. The number of nitrogens with one attached hydrogen (secondary N) is 2. The van der Waals surface area contributed by atoms with Crippen molar-refractivity contribution in [2.24, 2.45) is 0 Å². The highest BCUT2D eigenvalue weighted by Gasteiger charge is 2.26. The van der Waals surface area contributed by atoms with Crippen molar-refractivity contribution in [3.8, 4) is 0 Å². The Morgan fingerprint density at radius 1 is 1.37 bits per heavy atom. The lowest BCUT2D eigenvalue weighted by Gasteiger charge is -2.29. The van der Waals surface area contributed by atoms with E-state index < -0.39 is 5.60 Å². The molecule has 1 amide bonds. The van der Waals surface area contributed by atoms with Crippen LogP contribution in [0.25, 0.3) is 0 Å². The van der Waals surface area contributed by atoms with Crippen molar-refractivity contribution in [1.29, 1.82) is 0 Å². The summed E-state index contributed by atoms with van der Waals surface area (Å²) in [5.41, 5.74) is -0.435. The van der Waals surface area contributed by atoms with Crippen molar-refractivity contribution < 1.29 is 9.53 Å². The van der Waals surface area contributed by atoms with E-state index in [2.05, 4.69) is 15.3 Å². The van der Waals surface area contributed by atoms with Gasteiger partial charge >= 0.3 is 6.09 Å². The molecule has 5 heteroatoms. The molecule has 1 saturated carbocycles. The molecule has 1 fully saturated rings. The van der Waals surface area contributed by atoms with E-state index in [0.29, 0.717) is 5.92 Å². The summed E-state index contributed by atoms with van der Waals surface area (Å²) in [5.74, 6) is 1.56. The molecule has 0 spiro atoms. The first-order valence-corrected chi connectivity index (χ1v) is 6.93. The summed E-state index contributed by atoms with van der Waals surface area (Å²) < 4.78 is 5.27. The lowest BCUT2D eigenvalue weighted by atomic mass is 9.85. The van der Waals surface area contributed by atoms with Crippen LogP contribution in [0.15, 0.2) is 12.4 Å². The summed E-state index contributed by atoms with van der Waals surface area (Å²) in [6.07, 6.45) is 7.40. The van der Waals surface area contributed by atoms with Crippen molar-refractivity contribution in [3.63, 3.8) is 0 Å². The molecule has 0 unspecified atom stereocenters. The number of carbonyl (C=O) groups excluding carboxylic acids is 1. The van der Waals surface area contributed by atoms with Gasteiger partial charge in [-0.15, -0.1) is 0 Å². The zero-order valence-electron chi connectivity index (χ0n) is 11.9. The first kappa shape index (κ1) is 13.9. The van der Waals surface area contributed by atoms with Gasteiger partial charge in [-0.2, -0.15) is 0 Å². The normalized spacial score (nSPS) is 23.9. The minimum atomic E-state index is -0.435. The van der Waals surface area contributed by atoms with E-state index in [-0.39, 0.29) is 12.1 Å². The monoisotopic (exact) mass is 265 g/mol. The minimum absolute atomic E-state index is 0.223. The average molecular weight is 265 g/mol. The fourth-order valence-electron chi connectivity index (χ4n) is 2.49. The minimum Gasteiger partial charge on any atom is -0.444 e. The Kier molecular flexibility index (Phi) is 4.12. The highest BCUT2D eigenvalue weighted by atomic mass is 16.6. The highest BCUT2D eigenvalue weighted by Crippen LogP contribution is 2.30. The van der Waals surface area contributed by atoms with Crippen molar-refractivity contribution >= 4 is 6.09 Å². The second-order valence-electron chi connectivity index (χ2n) is 6.17. The van der Waals surface area contributed by atoms with Gasteiger partial charge in [0.1, 0.15) is 11.4 Å². The lowest BCUT2D eigenvalue weighted by Crippen LogP contribution is -2.40. The molecule has 19 heavy (non-hydrogen) atoms. The smallest absolute Gasteiger partial charge is 0.407 e. The van der Waals surface area contributed by atoms with Gasteiger partial charge in [-0.1, -0.05) is 0 Å². The summed E-state index contributed by atoms with van der Waals surface area (Å²) in [6.45, 7) is 5.63. The average Bonchev–Trinajstić information content (AvgIpc) is 2.80. The van der Waals surface area contributed by atoms with Gasteiger partial charge in [0.05, 0.1) is 0 Å². The van der Waals surface area contributed by atoms with E-state index in [0.717, 1.165) is 31.5 Å². The zero-order valence-corrected chi connectivity index (χ0v) is 11.9. The molecular weight excluding hydrogens is 242 g/mol. The van der Waals surface area contributed by atoms with E-state index in [9.17, 15) is 4.79 Å². The number of nitrogens with zero attached hydrogens (tertiary/aromatic N) is 1. The number of alkyl carbamates (subject to hydrolysis) is 1. The molecule has 1 aromatic rings. The molecule has 0 atom stereocenters. The number of aromatic amines is 1. The second-order valence-corrected chi connectivity index (χ2v) is 6.17. The SMILES string of the molecule is CC(C)(C)OC(=O)N[C@H]1CC[C@H](c2ncc[nH]2)CC1. The van der Waals surface area contributed by atoms with Crippen LogP contribution in [0.2, 0.25) is 0 Å². The second kappa shape index (κ2) is 5.63. The van der Waals surface area contributed by atoms with Crippen molar-refractivity contribution in [3.05, 3.63) is 18.2 Å². The Bertz CT molecular complexity index is 401. The molecule has 0 bridgehead atoms. The Balaban J connectivity index is 1.76. The fraction of sp³-hybridized carbons (Fsp3) is 0.714. The summed E-state index contributed by atoms with van der Waals surface area (Å²) in [6, 6.07) is 0.223. The molecule has 5 nitrogen and oxygen atoms in total. The Labute approximate surface area is 114 Å². The third kappa shape index (κ3) is 4.26. The number of hydrogen-bond acceptors (Lipinski definition) is 3. The van der Waals surface area contributed by atoms with Crippen LogP contribution in [0.1, 0.15) is 58.2 Å². The summed E-state index contributed by atoms with van der Waals surface area (Å²) in [5, 5.41) is 2.95. The van der Waals surface area contributed by atoms with Crippen molar-refractivity contribution in [2.45, 2.75) is 64.0 Å². The maximum Gasteiger partial charge on any atom is 0.407 e. The van der Waals surface area contributed by atoms with Crippen LogP contribution in [0.5, 0.6) is 0 Å². The molecule has 0 aliphatic heterocycles. The molecule has 106 valence electrons. The van der Waals surface area contributed by atoms with E-state index in [1.165, 1.54) is 0 Å². The van der Waals surface area contributed by atoms with Crippen molar-refractivity contribution in [2.75, 3.05) is 0 Å². The van der Waals surface area contributed by atoms with Crippen LogP contribution in [0, 0.1) is 0 Å². The van der Waals surface area contributed by atoms with E-state index in [4.69, 9.17) is 4.74 Å². The molecule has 2 N–H and O–H groups in total. The lowest BCUT2D eigenvalue weighted by molar-refractivity contribution is 0.0491. The molecular formula is C14H23N3O2. The zero-order chi connectivity index (χ0) is 13.9. The number of hydrogen-bond donors (Lipinski definition) is 2. The third-order valence-electron chi connectivity index (χ3n) is 3.35. The highest BCUT2D eigenvalue weighted by molar-refractivity contribution is 5.68. The van der Waals surface area contributed by atoms with Gasteiger partial charge in [-0.25, -0.2) is 9.78 Å². The molecule has 2 rings (SSSR count). The van der Waals surface area contributed by atoms with Gasteiger partial charge in [-0.3, -0.25) is 0 Å². The van der Waals surface area contributed by atoms with Crippen molar-refractivity contribution in [1.82, 2.24) is 15.3 Å². The predicted octanol–water partition coefficient (Wildman–Crippen LogP) is 2.96. The van der Waals surface area contributed by atoms with Gasteiger partial charge in [0.25, 0.3) is 0 Å². The van der Waals surface area contributed by atoms with E-state index in [1.807, 2.05) is 27.0 Å². The summed E-state index contributed by atoms with van der Waals surface area (Å²) in [7, 11) is 0. The van der Waals surface area contributed by atoms with Crippen LogP contribution >= 0.6 is 0 Å². The van der Waals surface area contributed by atoms with Gasteiger partial charge in [0.2, 0.25) is 0 Å². The van der Waals surface area contributed by atoms with Gasteiger partial charge in [0, 0.05) is 24.4 Å². The van der Waals surface area contributed by atoms with Gasteiger partial charge < -0.3 is 15.0 Å². The van der Waals surface area contributed by atoms with Crippen LogP contribution in [-0.2, 0) is 4.74 Å². The number of H-pyrrole nitrogens is 1. The predicted molar refractivity (Wildman–Crippen MR) is 73.0 cm³/mol. The summed E-state index contributed by atoms with van der Waals surface area (Å²) >= 11 is 0. The fourth-order valence-corrected chi connectivity index (χ4v) is 2.49. The molecule has 0 saturated heterocycles. The summed E-state index contributed by atoms with van der Waals surface area (Å²) in [4.78, 5) is 19.2. The van der Waals surface area contributed by atoms with Gasteiger partial charge in [0.15, 0.2) is 0 Å². The third-order valence-corrected chi connectivity index (χ3v) is 3.35. The molecule has 1 aliphatic rings. The van der Waals surface area contributed by atoms with Gasteiger partial charge in [-0.05, 0) is 46.5 Å². The quantitative estimate of drug-likeness (QED) is 0.864. The molecule has 0 aromatic carbocycles. The van der Waals surface area contributed by atoms with E-state index >= 15 is 0 Å². The Morgan fingerprint density at radius 3 is 2.58 bits per heavy atom. The number of amides is 1. The maximum atomic E-state index is 11.7. The first-order chi connectivity index (χ1) is 8.94. The number of aromatic nitrogens is 2. The van der Waals surface area contributed by atoms with Crippen LogP contribution in [0.3, 0.4) is 0 Å². The number of imidazole rings is 1. The molecule has 1 aromatic heterocycles. The molecule has 1 heterocycles. The van der Waals surface area contributed by atoms with Crippen LogP contribution in [0.4, 0.5) is 4.79 Å². The number of ether oxygens (including phenoxy) is 1. The number of carbonyl (C=O) groups is 1. The molecule has 0 radical (unpaired) electrons.